The van der Waals surface area contributed by atoms with E-state index in [4.69, 9.17) is 11.6 Å². The molecular formula is C20H20ClN3OS. The Morgan fingerprint density at radius 1 is 1.08 bits per heavy atom. The first-order valence-electron chi connectivity index (χ1n) is 8.26. The molecule has 1 aromatic heterocycles. The monoisotopic (exact) mass is 385 g/mol. The number of halogens is 1. The van der Waals surface area contributed by atoms with Crippen molar-refractivity contribution in [3.8, 4) is 11.4 Å². The minimum Gasteiger partial charge on any atom is -0.305 e. The van der Waals surface area contributed by atoms with Gasteiger partial charge >= 0.3 is 0 Å². The Bertz CT molecular complexity index is 981. The largest absolute Gasteiger partial charge is 0.305 e. The summed E-state index contributed by atoms with van der Waals surface area (Å²) in [6.07, 6.45) is 0. The number of hydrogen-bond acceptors (Lipinski definition) is 4. The van der Waals surface area contributed by atoms with E-state index in [1.54, 1.807) is 0 Å². The summed E-state index contributed by atoms with van der Waals surface area (Å²) in [5, 5.41) is 9.77. The summed E-state index contributed by atoms with van der Waals surface area (Å²) >= 11 is 7.64. The second-order valence-corrected chi connectivity index (χ2v) is 7.66. The highest BCUT2D eigenvalue weighted by Crippen LogP contribution is 2.28. The van der Waals surface area contributed by atoms with Gasteiger partial charge in [-0.15, -0.1) is 10.2 Å². The number of ketones is 1. The zero-order valence-corrected chi connectivity index (χ0v) is 16.8. The van der Waals surface area contributed by atoms with E-state index in [2.05, 4.69) is 23.2 Å². The third kappa shape index (κ3) is 3.69. The summed E-state index contributed by atoms with van der Waals surface area (Å²) in [5.74, 6) is 1.10. The molecule has 2 aromatic carbocycles. The number of hydrogen-bond donors (Lipinski definition) is 0. The molecule has 0 aliphatic carbocycles. The van der Waals surface area contributed by atoms with Gasteiger partial charge in [0, 0.05) is 18.2 Å². The second-order valence-electron chi connectivity index (χ2n) is 6.31. The summed E-state index contributed by atoms with van der Waals surface area (Å²) in [6, 6.07) is 11.6. The van der Waals surface area contributed by atoms with Crippen LogP contribution in [0.3, 0.4) is 0 Å². The molecule has 26 heavy (non-hydrogen) atoms. The average Bonchev–Trinajstić information content (AvgIpc) is 2.97. The van der Waals surface area contributed by atoms with Crippen LogP contribution < -0.4 is 0 Å². The van der Waals surface area contributed by atoms with E-state index in [0.717, 1.165) is 22.3 Å². The molecule has 0 saturated heterocycles. The number of rotatable bonds is 5. The van der Waals surface area contributed by atoms with Crippen LogP contribution in [-0.4, -0.2) is 26.3 Å². The van der Waals surface area contributed by atoms with Crippen molar-refractivity contribution < 1.29 is 4.79 Å². The molecule has 0 unspecified atom stereocenters. The molecule has 0 radical (unpaired) electrons. The third-order valence-electron chi connectivity index (χ3n) is 4.42. The molecule has 134 valence electrons. The van der Waals surface area contributed by atoms with Gasteiger partial charge < -0.3 is 4.57 Å². The Morgan fingerprint density at radius 2 is 1.77 bits per heavy atom. The normalized spacial score (nSPS) is 11.0. The van der Waals surface area contributed by atoms with E-state index in [0.29, 0.717) is 21.8 Å². The maximum absolute atomic E-state index is 12.6. The van der Waals surface area contributed by atoms with Crippen LogP contribution in [0.2, 0.25) is 5.02 Å². The average molecular weight is 386 g/mol. The Labute approximate surface area is 162 Å². The Kier molecular flexibility index (Phi) is 5.49. The number of Topliss-reactive ketones (excluding diaryl/α,β-unsaturated/α-hetero) is 1. The van der Waals surface area contributed by atoms with Gasteiger partial charge in [-0.25, -0.2) is 0 Å². The molecule has 0 fully saturated rings. The first kappa shape index (κ1) is 18.7. The molecule has 0 atom stereocenters. The lowest BCUT2D eigenvalue weighted by Gasteiger charge is -2.09. The van der Waals surface area contributed by atoms with E-state index in [1.807, 2.05) is 55.8 Å². The predicted molar refractivity (Wildman–Crippen MR) is 107 cm³/mol. The lowest BCUT2D eigenvalue weighted by molar-refractivity contribution is 0.102. The molecule has 0 aliphatic rings. The minimum atomic E-state index is 0.0953. The van der Waals surface area contributed by atoms with Gasteiger partial charge in [0.15, 0.2) is 16.8 Å². The topological polar surface area (TPSA) is 47.8 Å². The van der Waals surface area contributed by atoms with Crippen molar-refractivity contribution in [3.63, 3.8) is 0 Å². The van der Waals surface area contributed by atoms with Crippen LogP contribution in [0.1, 0.15) is 27.0 Å². The van der Waals surface area contributed by atoms with E-state index in [9.17, 15) is 4.79 Å². The molecule has 0 bridgehead atoms. The molecule has 1 heterocycles. The van der Waals surface area contributed by atoms with E-state index >= 15 is 0 Å². The zero-order valence-electron chi connectivity index (χ0n) is 15.2. The highest BCUT2D eigenvalue weighted by Gasteiger charge is 2.16. The molecule has 0 N–H and O–H groups in total. The molecule has 3 rings (SSSR count). The highest BCUT2D eigenvalue weighted by atomic mass is 35.5. The van der Waals surface area contributed by atoms with Crippen LogP contribution in [0.15, 0.2) is 41.6 Å². The lowest BCUT2D eigenvalue weighted by Crippen LogP contribution is -2.07. The molecule has 0 saturated carbocycles. The number of carbonyl (C=O) groups is 1. The van der Waals surface area contributed by atoms with Gasteiger partial charge in [0.05, 0.1) is 10.8 Å². The molecule has 4 nitrogen and oxygen atoms in total. The fraction of sp³-hybridized carbons (Fsp3) is 0.250. The van der Waals surface area contributed by atoms with Gasteiger partial charge in [-0.2, -0.15) is 0 Å². The fourth-order valence-electron chi connectivity index (χ4n) is 2.79. The van der Waals surface area contributed by atoms with Crippen molar-refractivity contribution in [2.45, 2.75) is 25.9 Å². The molecule has 0 amide bonds. The lowest BCUT2D eigenvalue weighted by atomic mass is 9.99. The van der Waals surface area contributed by atoms with Crippen molar-refractivity contribution in [1.29, 1.82) is 0 Å². The molecule has 0 aliphatic heterocycles. The van der Waals surface area contributed by atoms with Crippen molar-refractivity contribution in [2.75, 3.05) is 5.75 Å². The van der Waals surface area contributed by atoms with Gasteiger partial charge in [0.2, 0.25) is 0 Å². The first-order valence-corrected chi connectivity index (χ1v) is 9.63. The SMILES string of the molecule is Cc1cc(C)c(C(=O)CSc2nnc(-c3ccccc3Cl)n2C)cc1C. The predicted octanol–water partition coefficient (Wildman–Crippen LogP) is 5.04. The minimum absolute atomic E-state index is 0.0953. The van der Waals surface area contributed by atoms with Crippen molar-refractivity contribution in [2.24, 2.45) is 7.05 Å². The van der Waals surface area contributed by atoms with Gasteiger partial charge in [-0.1, -0.05) is 41.6 Å². The summed E-state index contributed by atoms with van der Waals surface area (Å²) in [6.45, 7) is 6.06. The van der Waals surface area contributed by atoms with E-state index < -0.39 is 0 Å². The maximum Gasteiger partial charge on any atom is 0.191 e. The van der Waals surface area contributed by atoms with Gasteiger partial charge in [-0.05, 0) is 55.7 Å². The quantitative estimate of drug-likeness (QED) is 0.456. The van der Waals surface area contributed by atoms with Crippen molar-refractivity contribution >= 4 is 29.1 Å². The van der Waals surface area contributed by atoms with Crippen LogP contribution in [-0.2, 0) is 7.05 Å². The zero-order chi connectivity index (χ0) is 18.8. The number of aromatic nitrogens is 3. The summed E-state index contributed by atoms with van der Waals surface area (Å²) in [5.41, 5.74) is 4.93. The second kappa shape index (κ2) is 7.64. The molecule has 0 spiro atoms. The number of benzene rings is 2. The van der Waals surface area contributed by atoms with Crippen molar-refractivity contribution in [3.05, 3.63) is 63.7 Å². The van der Waals surface area contributed by atoms with Gasteiger partial charge in [0.25, 0.3) is 0 Å². The fourth-order valence-corrected chi connectivity index (χ4v) is 3.80. The standard InChI is InChI=1S/C20H20ClN3OS/c1-12-9-14(3)16(10-13(12)2)18(25)11-26-20-23-22-19(24(20)4)15-7-5-6-8-17(15)21/h5-10H,11H2,1-4H3. The Balaban J connectivity index is 1.78. The smallest absolute Gasteiger partial charge is 0.191 e. The van der Waals surface area contributed by atoms with Crippen LogP contribution in [0.5, 0.6) is 0 Å². The van der Waals surface area contributed by atoms with Crippen LogP contribution in [0.25, 0.3) is 11.4 Å². The first-order chi connectivity index (χ1) is 12.4. The Morgan fingerprint density at radius 3 is 2.50 bits per heavy atom. The number of aryl methyl sites for hydroxylation is 3. The summed E-state index contributed by atoms with van der Waals surface area (Å²) in [7, 11) is 1.88. The van der Waals surface area contributed by atoms with Crippen molar-refractivity contribution in [1.82, 2.24) is 14.8 Å². The van der Waals surface area contributed by atoms with Gasteiger partial charge in [-0.3, -0.25) is 4.79 Å². The number of carbonyl (C=O) groups excluding carboxylic acids is 1. The molecule has 3 aromatic rings. The highest BCUT2D eigenvalue weighted by molar-refractivity contribution is 7.99. The molecular weight excluding hydrogens is 366 g/mol. The summed E-state index contributed by atoms with van der Waals surface area (Å²) < 4.78 is 1.87. The number of nitrogens with zero attached hydrogens (tertiary/aromatic N) is 3. The van der Waals surface area contributed by atoms with Crippen LogP contribution >= 0.6 is 23.4 Å². The van der Waals surface area contributed by atoms with Crippen LogP contribution in [0, 0.1) is 20.8 Å². The Hall–Kier alpha value is -2.11. The van der Waals surface area contributed by atoms with E-state index in [-0.39, 0.29) is 5.78 Å². The summed E-state index contributed by atoms with van der Waals surface area (Å²) in [4.78, 5) is 12.6. The number of thioether (sulfide) groups is 1. The third-order valence-corrected chi connectivity index (χ3v) is 5.77. The van der Waals surface area contributed by atoms with E-state index in [1.165, 1.54) is 17.3 Å². The van der Waals surface area contributed by atoms with Crippen LogP contribution in [0.4, 0.5) is 0 Å². The van der Waals surface area contributed by atoms with Gasteiger partial charge in [0.1, 0.15) is 0 Å². The maximum atomic E-state index is 12.6. The molecule has 6 heteroatoms.